The number of anilines is 1. The zero-order valence-electron chi connectivity index (χ0n) is 11.7. The van der Waals surface area contributed by atoms with Gasteiger partial charge in [0.15, 0.2) is 0 Å². The summed E-state index contributed by atoms with van der Waals surface area (Å²) in [5.74, 6) is -0.260. The van der Waals surface area contributed by atoms with Crippen LogP contribution in [0.2, 0.25) is 5.02 Å². The highest BCUT2D eigenvalue weighted by Crippen LogP contribution is 2.25. The number of nitrogens with zero attached hydrogens (tertiary/aromatic N) is 2. The number of halogens is 1. The van der Waals surface area contributed by atoms with E-state index in [0.717, 1.165) is 11.3 Å². The molecule has 110 valence electrons. The number of nitrogens with one attached hydrogen (secondary N) is 1. The van der Waals surface area contributed by atoms with E-state index < -0.39 is 0 Å². The van der Waals surface area contributed by atoms with Crippen molar-refractivity contribution in [2.75, 3.05) is 5.32 Å². The highest BCUT2D eigenvalue weighted by molar-refractivity contribution is 7.13. The fraction of sp³-hybridized carbons (Fsp3) is 0.0625. The van der Waals surface area contributed by atoms with Gasteiger partial charge in [-0.3, -0.25) is 9.78 Å². The molecule has 3 rings (SSSR count). The molecular formula is C16H12ClN3OS. The third-order valence-corrected chi connectivity index (χ3v) is 4.41. The summed E-state index contributed by atoms with van der Waals surface area (Å²) < 4.78 is 0. The van der Waals surface area contributed by atoms with Crippen LogP contribution in [0.3, 0.4) is 0 Å². The number of amides is 1. The smallest absolute Gasteiger partial charge is 0.275 e. The van der Waals surface area contributed by atoms with Crippen molar-refractivity contribution < 1.29 is 4.79 Å². The van der Waals surface area contributed by atoms with Crippen molar-refractivity contribution in [1.82, 2.24) is 9.97 Å². The second kappa shape index (κ2) is 6.25. The Morgan fingerprint density at radius 3 is 2.86 bits per heavy atom. The summed E-state index contributed by atoms with van der Waals surface area (Å²) in [6.07, 6.45) is 1.70. The molecule has 0 bridgehead atoms. The average molecular weight is 330 g/mol. The molecule has 2 heterocycles. The Morgan fingerprint density at radius 1 is 1.23 bits per heavy atom. The quantitative estimate of drug-likeness (QED) is 0.774. The van der Waals surface area contributed by atoms with Crippen molar-refractivity contribution in [2.24, 2.45) is 0 Å². The van der Waals surface area contributed by atoms with Gasteiger partial charge in [0.1, 0.15) is 10.7 Å². The van der Waals surface area contributed by atoms with Gasteiger partial charge in [-0.25, -0.2) is 4.98 Å². The second-order valence-corrected chi connectivity index (χ2v) is 5.88. The van der Waals surface area contributed by atoms with Crippen LogP contribution in [0.4, 0.5) is 5.69 Å². The van der Waals surface area contributed by atoms with Gasteiger partial charge in [0.05, 0.1) is 5.69 Å². The minimum atomic E-state index is -0.260. The first-order chi connectivity index (χ1) is 10.6. The van der Waals surface area contributed by atoms with Gasteiger partial charge in [-0.2, -0.15) is 0 Å². The summed E-state index contributed by atoms with van der Waals surface area (Å²) in [6.45, 7) is 1.86. The van der Waals surface area contributed by atoms with Crippen LogP contribution < -0.4 is 5.32 Å². The first kappa shape index (κ1) is 14.7. The van der Waals surface area contributed by atoms with Crippen molar-refractivity contribution in [1.29, 1.82) is 0 Å². The Kier molecular flexibility index (Phi) is 4.18. The Morgan fingerprint density at radius 2 is 2.09 bits per heavy atom. The largest absolute Gasteiger partial charge is 0.320 e. The van der Waals surface area contributed by atoms with Crippen molar-refractivity contribution in [3.8, 4) is 10.7 Å². The Labute approximate surface area is 136 Å². The van der Waals surface area contributed by atoms with E-state index in [-0.39, 0.29) is 5.91 Å². The fourth-order valence-electron chi connectivity index (χ4n) is 1.91. The topological polar surface area (TPSA) is 54.9 Å². The minimum Gasteiger partial charge on any atom is -0.320 e. The zero-order valence-corrected chi connectivity index (χ0v) is 13.3. The monoisotopic (exact) mass is 329 g/mol. The van der Waals surface area contributed by atoms with Crippen LogP contribution >= 0.6 is 22.9 Å². The molecule has 0 aliphatic rings. The summed E-state index contributed by atoms with van der Waals surface area (Å²) in [6, 6.07) is 11.0. The molecule has 0 fully saturated rings. The molecule has 0 radical (unpaired) electrons. The maximum atomic E-state index is 12.3. The molecule has 0 aliphatic carbocycles. The van der Waals surface area contributed by atoms with E-state index in [1.165, 1.54) is 11.3 Å². The zero-order chi connectivity index (χ0) is 15.5. The van der Waals surface area contributed by atoms with Gasteiger partial charge in [0.2, 0.25) is 0 Å². The van der Waals surface area contributed by atoms with Crippen LogP contribution in [0.25, 0.3) is 10.7 Å². The predicted molar refractivity (Wildman–Crippen MR) is 89.5 cm³/mol. The number of rotatable bonds is 3. The molecular weight excluding hydrogens is 318 g/mol. The summed E-state index contributed by atoms with van der Waals surface area (Å²) >= 11 is 7.44. The van der Waals surface area contributed by atoms with Gasteiger partial charge in [0.25, 0.3) is 5.91 Å². The summed E-state index contributed by atoms with van der Waals surface area (Å²) in [5.41, 5.74) is 2.64. The van der Waals surface area contributed by atoms with Crippen molar-refractivity contribution in [2.45, 2.75) is 6.92 Å². The third-order valence-electron chi connectivity index (χ3n) is 3.14. The first-order valence-electron chi connectivity index (χ1n) is 6.58. The van der Waals surface area contributed by atoms with Crippen LogP contribution in [-0.4, -0.2) is 15.9 Å². The van der Waals surface area contributed by atoms with E-state index in [1.807, 2.05) is 31.2 Å². The standard InChI is InChI=1S/C16H12ClN3OS/c1-10-11(17)5-4-7-12(10)19-15(21)14-9-22-16(20-14)13-6-2-3-8-18-13/h2-9H,1H3,(H,19,21). The third kappa shape index (κ3) is 3.00. The van der Waals surface area contributed by atoms with Crippen LogP contribution in [0, 0.1) is 6.92 Å². The van der Waals surface area contributed by atoms with Crippen LogP contribution in [0.5, 0.6) is 0 Å². The molecule has 0 saturated heterocycles. The van der Waals surface area contributed by atoms with Gasteiger partial charge >= 0.3 is 0 Å². The lowest BCUT2D eigenvalue weighted by Crippen LogP contribution is -2.13. The molecule has 0 saturated carbocycles. The SMILES string of the molecule is Cc1c(Cl)cccc1NC(=O)c1csc(-c2ccccn2)n1. The van der Waals surface area contributed by atoms with Crippen molar-refractivity contribution in [3.63, 3.8) is 0 Å². The van der Waals surface area contributed by atoms with E-state index in [1.54, 1.807) is 23.7 Å². The minimum absolute atomic E-state index is 0.260. The molecule has 1 N–H and O–H groups in total. The molecule has 0 spiro atoms. The molecule has 22 heavy (non-hydrogen) atoms. The van der Waals surface area contributed by atoms with E-state index >= 15 is 0 Å². The van der Waals surface area contributed by atoms with E-state index in [0.29, 0.717) is 21.4 Å². The predicted octanol–water partition coefficient (Wildman–Crippen LogP) is 4.42. The molecule has 2 aromatic heterocycles. The maximum absolute atomic E-state index is 12.3. The van der Waals surface area contributed by atoms with Crippen LogP contribution in [0.1, 0.15) is 16.1 Å². The Balaban J connectivity index is 1.82. The molecule has 0 atom stereocenters. The molecule has 0 unspecified atom stereocenters. The van der Waals surface area contributed by atoms with Gasteiger partial charge in [-0.15, -0.1) is 11.3 Å². The van der Waals surface area contributed by atoms with Gasteiger partial charge in [-0.1, -0.05) is 23.7 Å². The molecule has 0 aliphatic heterocycles. The Hall–Kier alpha value is -2.24. The first-order valence-corrected chi connectivity index (χ1v) is 7.84. The van der Waals surface area contributed by atoms with E-state index in [9.17, 15) is 4.79 Å². The highest BCUT2D eigenvalue weighted by atomic mass is 35.5. The number of hydrogen-bond acceptors (Lipinski definition) is 4. The fourth-order valence-corrected chi connectivity index (χ4v) is 2.86. The van der Waals surface area contributed by atoms with Gasteiger partial charge < -0.3 is 5.32 Å². The molecule has 3 aromatic rings. The number of pyridine rings is 1. The molecule has 4 nitrogen and oxygen atoms in total. The van der Waals surface area contributed by atoms with Crippen molar-refractivity contribution >= 4 is 34.5 Å². The number of carbonyl (C=O) groups excluding carboxylic acids is 1. The lowest BCUT2D eigenvalue weighted by atomic mass is 10.2. The maximum Gasteiger partial charge on any atom is 0.275 e. The van der Waals surface area contributed by atoms with E-state index in [4.69, 9.17) is 11.6 Å². The van der Waals surface area contributed by atoms with Gasteiger partial charge in [0, 0.05) is 22.3 Å². The number of carbonyl (C=O) groups is 1. The highest BCUT2D eigenvalue weighted by Gasteiger charge is 2.14. The summed E-state index contributed by atoms with van der Waals surface area (Å²) in [5, 5.41) is 5.89. The number of benzene rings is 1. The van der Waals surface area contributed by atoms with Crippen LogP contribution in [-0.2, 0) is 0 Å². The van der Waals surface area contributed by atoms with E-state index in [2.05, 4.69) is 15.3 Å². The van der Waals surface area contributed by atoms with Crippen LogP contribution in [0.15, 0.2) is 48.0 Å². The lowest BCUT2D eigenvalue weighted by Gasteiger charge is -2.08. The van der Waals surface area contributed by atoms with Gasteiger partial charge in [-0.05, 0) is 36.8 Å². The van der Waals surface area contributed by atoms with Crippen molar-refractivity contribution in [3.05, 3.63) is 64.3 Å². The molecule has 1 amide bonds. The lowest BCUT2D eigenvalue weighted by molar-refractivity contribution is 0.102. The normalized spacial score (nSPS) is 10.5. The Bertz CT molecular complexity index is 817. The molecule has 6 heteroatoms. The average Bonchev–Trinajstić information content (AvgIpc) is 3.03. The summed E-state index contributed by atoms with van der Waals surface area (Å²) in [4.78, 5) is 20.9. The number of hydrogen-bond donors (Lipinski definition) is 1. The summed E-state index contributed by atoms with van der Waals surface area (Å²) in [7, 11) is 0. The second-order valence-electron chi connectivity index (χ2n) is 4.62. The number of thiazole rings is 1. The number of aromatic nitrogens is 2. The molecule has 1 aromatic carbocycles.